The number of fused-ring (bicyclic) bond motifs is 1. The molecular weight excluding hydrogens is 208 g/mol. The average Bonchev–Trinajstić information content (AvgIpc) is 2.86. The van der Waals surface area contributed by atoms with Gasteiger partial charge in [0, 0.05) is 31.0 Å². The van der Waals surface area contributed by atoms with Crippen molar-refractivity contribution in [3.63, 3.8) is 0 Å². The van der Waals surface area contributed by atoms with Crippen molar-refractivity contribution in [3.8, 4) is 0 Å². The second-order valence-electron chi connectivity index (χ2n) is 4.66. The first-order valence-corrected chi connectivity index (χ1v) is 6.36. The Bertz CT molecular complexity index is 473. The molecule has 1 aromatic heterocycles. The van der Waals surface area contributed by atoms with Crippen molar-refractivity contribution in [1.29, 1.82) is 0 Å². The van der Waals surface area contributed by atoms with Gasteiger partial charge in [0.25, 0.3) is 0 Å². The van der Waals surface area contributed by atoms with Gasteiger partial charge >= 0.3 is 0 Å². The third kappa shape index (κ3) is 2.27. The zero-order valence-electron chi connectivity index (χ0n) is 9.97. The maximum Gasteiger partial charge on any atom is 0.0478 e. The first-order chi connectivity index (χ1) is 8.43. The van der Waals surface area contributed by atoms with E-state index in [9.17, 15) is 0 Å². The van der Waals surface area contributed by atoms with Gasteiger partial charge in [-0.25, -0.2) is 0 Å². The van der Waals surface area contributed by atoms with E-state index in [1.807, 2.05) is 0 Å². The van der Waals surface area contributed by atoms with E-state index in [-0.39, 0.29) is 0 Å². The highest BCUT2D eigenvalue weighted by Crippen LogP contribution is 2.22. The van der Waals surface area contributed by atoms with E-state index in [0.717, 1.165) is 19.5 Å². The van der Waals surface area contributed by atoms with E-state index < -0.39 is 0 Å². The number of aryl methyl sites for hydroxylation is 1. The summed E-state index contributed by atoms with van der Waals surface area (Å²) < 4.78 is 2.37. The van der Waals surface area contributed by atoms with Crippen LogP contribution in [0.2, 0.25) is 0 Å². The van der Waals surface area contributed by atoms with Gasteiger partial charge in [-0.1, -0.05) is 30.3 Å². The molecule has 3 rings (SSSR count). The van der Waals surface area contributed by atoms with Crippen LogP contribution in [0.15, 0.2) is 48.7 Å². The summed E-state index contributed by atoms with van der Waals surface area (Å²) in [4.78, 5) is 0. The minimum Gasteiger partial charge on any atom is -0.349 e. The number of aromatic nitrogens is 1. The Labute approximate surface area is 102 Å². The number of hydrogen-bond donors (Lipinski definition) is 1. The zero-order chi connectivity index (χ0) is 11.5. The summed E-state index contributed by atoms with van der Waals surface area (Å²) in [5.74, 6) is 0. The lowest BCUT2D eigenvalue weighted by molar-refractivity contribution is 0.406. The molecular formula is C15H18N2. The van der Waals surface area contributed by atoms with Crippen molar-refractivity contribution in [2.24, 2.45) is 0 Å². The van der Waals surface area contributed by atoms with Crippen LogP contribution in [0.1, 0.15) is 23.7 Å². The molecule has 1 aliphatic rings. The van der Waals surface area contributed by atoms with E-state index in [0.29, 0.717) is 6.04 Å². The molecule has 0 aliphatic carbocycles. The third-order valence-corrected chi connectivity index (χ3v) is 3.53. The fourth-order valence-electron chi connectivity index (χ4n) is 2.62. The number of rotatable bonds is 3. The van der Waals surface area contributed by atoms with Crippen LogP contribution < -0.4 is 5.32 Å². The monoisotopic (exact) mass is 226 g/mol. The number of nitrogens with one attached hydrogen (secondary N) is 1. The molecule has 0 bridgehead atoms. The largest absolute Gasteiger partial charge is 0.349 e. The maximum absolute atomic E-state index is 3.61. The molecule has 1 atom stereocenters. The van der Waals surface area contributed by atoms with E-state index in [1.165, 1.54) is 17.7 Å². The van der Waals surface area contributed by atoms with Crippen LogP contribution >= 0.6 is 0 Å². The quantitative estimate of drug-likeness (QED) is 0.851. The Balaban J connectivity index is 1.68. The van der Waals surface area contributed by atoms with Gasteiger partial charge in [-0.3, -0.25) is 0 Å². The highest BCUT2D eigenvalue weighted by atomic mass is 15.1. The highest BCUT2D eigenvalue weighted by Gasteiger charge is 2.18. The summed E-state index contributed by atoms with van der Waals surface area (Å²) >= 11 is 0. The summed E-state index contributed by atoms with van der Waals surface area (Å²) in [5.41, 5.74) is 2.87. The molecule has 17 heavy (non-hydrogen) atoms. The van der Waals surface area contributed by atoms with Gasteiger partial charge in [-0.2, -0.15) is 0 Å². The van der Waals surface area contributed by atoms with Crippen LogP contribution in [0, 0.1) is 0 Å². The zero-order valence-corrected chi connectivity index (χ0v) is 9.97. The molecule has 1 aliphatic heterocycles. The SMILES string of the molecule is c1ccc(CC[C@@H]2NCCn3cccc32)cc1. The second-order valence-corrected chi connectivity index (χ2v) is 4.66. The first-order valence-electron chi connectivity index (χ1n) is 6.36. The molecule has 2 aromatic rings. The Morgan fingerprint density at radius 2 is 2.00 bits per heavy atom. The van der Waals surface area contributed by atoms with Crippen molar-refractivity contribution in [3.05, 3.63) is 59.9 Å². The second kappa shape index (κ2) is 4.76. The molecule has 2 nitrogen and oxygen atoms in total. The maximum atomic E-state index is 3.61. The van der Waals surface area contributed by atoms with Crippen molar-refractivity contribution in [2.45, 2.75) is 25.4 Å². The number of benzene rings is 1. The molecule has 2 heteroatoms. The summed E-state index contributed by atoms with van der Waals surface area (Å²) in [6.45, 7) is 2.19. The van der Waals surface area contributed by atoms with Crippen molar-refractivity contribution in [2.75, 3.05) is 6.54 Å². The predicted molar refractivity (Wildman–Crippen MR) is 69.9 cm³/mol. The highest BCUT2D eigenvalue weighted by molar-refractivity contribution is 5.18. The predicted octanol–water partition coefficient (Wildman–Crippen LogP) is 2.77. The van der Waals surface area contributed by atoms with Crippen LogP contribution in [-0.4, -0.2) is 11.1 Å². The molecule has 0 spiro atoms. The average molecular weight is 226 g/mol. The van der Waals surface area contributed by atoms with Crippen LogP contribution in [0.25, 0.3) is 0 Å². The van der Waals surface area contributed by atoms with Gasteiger partial charge in [-0.05, 0) is 30.5 Å². The van der Waals surface area contributed by atoms with Gasteiger partial charge in [0.2, 0.25) is 0 Å². The first kappa shape index (κ1) is 10.6. The van der Waals surface area contributed by atoms with Gasteiger partial charge in [0.1, 0.15) is 0 Å². The Hall–Kier alpha value is -1.54. The van der Waals surface area contributed by atoms with Crippen LogP contribution in [0.4, 0.5) is 0 Å². The summed E-state index contributed by atoms with van der Waals surface area (Å²) in [5, 5.41) is 3.61. The lowest BCUT2D eigenvalue weighted by Gasteiger charge is -2.26. The van der Waals surface area contributed by atoms with Crippen molar-refractivity contribution < 1.29 is 0 Å². The van der Waals surface area contributed by atoms with Gasteiger partial charge in [0.05, 0.1) is 0 Å². The van der Waals surface area contributed by atoms with Gasteiger partial charge in [0.15, 0.2) is 0 Å². The molecule has 0 unspecified atom stereocenters. The van der Waals surface area contributed by atoms with Crippen LogP contribution in [-0.2, 0) is 13.0 Å². The topological polar surface area (TPSA) is 17.0 Å². The molecule has 0 fully saturated rings. The molecule has 2 heterocycles. The minimum atomic E-state index is 0.513. The smallest absolute Gasteiger partial charge is 0.0478 e. The fourth-order valence-corrected chi connectivity index (χ4v) is 2.62. The van der Waals surface area contributed by atoms with E-state index in [4.69, 9.17) is 0 Å². The molecule has 0 amide bonds. The van der Waals surface area contributed by atoms with Gasteiger partial charge < -0.3 is 9.88 Å². The van der Waals surface area contributed by atoms with E-state index >= 15 is 0 Å². The molecule has 0 radical (unpaired) electrons. The third-order valence-electron chi connectivity index (χ3n) is 3.53. The molecule has 1 aromatic carbocycles. The number of hydrogen-bond acceptors (Lipinski definition) is 1. The van der Waals surface area contributed by atoms with Crippen molar-refractivity contribution in [1.82, 2.24) is 9.88 Å². The lowest BCUT2D eigenvalue weighted by atomic mass is 10.0. The van der Waals surface area contributed by atoms with Gasteiger partial charge in [-0.15, -0.1) is 0 Å². The summed E-state index contributed by atoms with van der Waals surface area (Å²) in [6.07, 6.45) is 4.50. The Morgan fingerprint density at radius 3 is 2.88 bits per heavy atom. The Morgan fingerprint density at radius 1 is 1.12 bits per heavy atom. The molecule has 0 saturated carbocycles. The molecule has 88 valence electrons. The standard InChI is InChI=1S/C15H18N2/c1-2-5-13(6-3-1)8-9-14-15-7-4-11-17(15)12-10-16-14/h1-7,11,14,16H,8-10,12H2/t14-/m0/s1. The summed E-state index contributed by atoms with van der Waals surface area (Å²) in [7, 11) is 0. The fraction of sp³-hybridized carbons (Fsp3) is 0.333. The van der Waals surface area contributed by atoms with E-state index in [1.54, 1.807) is 0 Å². The number of nitrogens with zero attached hydrogens (tertiary/aromatic N) is 1. The van der Waals surface area contributed by atoms with Crippen molar-refractivity contribution >= 4 is 0 Å². The summed E-state index contributed by atoms with van der Waals surface area (Å²) in [6, 6.07) is 15.6. The van der Waals surface area contributed by atoms with Crippen LogP contribution in [0.5, 0.6) is 0 Å². The van der Waals surface area contributed by atoms with Crippen LogP contribution in [0.3, 0.4) is 0 Å². The lowest BCUT2D eigenvalue weighted by Crippen LogP contribution is -2.33. The molecule has 1 N–H and O–H groups in total. The normalized spacial score (nSPS) is 18.9. The van der Waals surface area contributed by atoms with E-state index in [2.05, 4.69) is 58.5 Å². The molecule has 0 saturated heterocycles. The Kier molecular flexibility index (Phi) is 2.97. The minimum absolute atomic E-state index is 0.513.